The average molecular weight is 338 g/mol. The molecule has 0 spiro atoms. The number of nitrogens with zero attached hydrogens (tertiary/aromatic N) is 1. The molecule has 2 N–H and O–H groups in total. The van der Waals surface area contributed by atoms with E-state index in [-0.39, 0.29) is 37.0 Å². The van der Waals surface area contributed by atoms with Gasteiger partial charge < -0.3 is 20.1 Å². The normalized spacial score (nSPS) is 23.6. The van der Waals surface area contributed by atoms with E-state index < -0.39 is 11.9 Å². The molecular formula is C17H23FN2O4. The number of hydrogen-bond donors (Lipinski definition) is 2. The first kappa shape index (κ1) is 18.4. The lowest BCUT2D eigenvalue weighted by Gasteiger charge is -2.36. The SMILES string of the molecule is CN(C)C(=O)C[C@H]1CC[C@H](NC(=O)c2ccc(F)cc2)[C@H](CO)O1. The summed E-state index contributed by atoms with van der Waals surface area (Å²) in [4.78, 5) is 25.5. The van der Waals surface area contributed by atoms with E-state index in [1.807, 2.05) is 0 Å². The molecule has 0 aliphatic carbocycles. The van der Waals surface area contributed by atoms with Crippen LogP contribution in [0.4, 0.5) is 4.39 Å². The van der Waals surface area contributed by atoms with Gasteiger partial charge in [-0.15, -0.1) is 0 Å². The molecule has 0 unspecified atom stereocenters. The molecule has 3 atom stereocenters. The maximum absolute atomic E-state index is 12.9. The summed E-state index contributed by atoms with van der Waals surface area (Å²) in [6.45, 7) is -0.249. The van der Waals surface area contributed by atoms with Crippen molar-refractivity contribution in [2.75, 3.05) is 20.7 Å². The van der Waals surface area contributed by atoms with Crippen molar-refractivity contribution >= 4 is 11.8 Å². The molecule has 0 aromatic heterocycles. The van der Waals surface area contributed by atoms with Crippen LogP contribution in [-0.4, -0.2) is 60.8 Å². The van der Waals surface area contributed by atoms with Crippen molar-refractivity contribution < 1.29 is 23.8 Å². The van der Waals surface area contributed by atoms with Gasteiger partial charge in [0.1, 0.15) is 11.9 Å². The van der Waals surface area contributed by atoms with Crippen molar-refractivity contribution in [2.24, 2.45) is 0 Å². The molecule has 1 saturated heterocycles. The van der Waals surface area contributed by atoms with Gasteiger partial charge in [-0.25, -0.2) is 4.39 Å². The third-order valence-electron chi connectivity index (χ3n) is 4.12. The van der Waals surface area contributed by atoms with Crippen LogP contribution >= 0.6 is 0 Å². The van der Waals surface area contributed by atoms with Crippen LogP contribution in [0.15, 0.2) is 24.3 Å². The van der Waals surface area contributed by atoms with Crippen LogP contribution in [0.2, 0.25) is 0 Å². The monoisotopic (exact) mass is 338 g/mol. The van der Waals surface area contributed by atoms with Gasteiger partial charge in [0.25, 0.3) is 5.91 Å². The summed E-state index contributed by atoms with van der Waals surface area (Å²) in [6, 6.07) is 4.90. The van der Waals surface area contributed by atoms with Gasteiger partial charge in [0.05, 0.1) is 25.2 Å². The molecule has 6 nitrogen and oxygen atoms in total. The number of carbonyl (C=O) groups is 2. The smallest absolute Gasteiger partial charge is 0.251 e. The molecule has 0 saturated carbocycles. The van der Waals surface area contributed by atoms with Crippen molar-refractivity contribution in [3.8, 4) is 0 Å². The standard InChI is InChI=1S/C17H23FN2O4/c1-20(2)16(22)9-13-7-8-14(15(10-21)24-13)19-17(23)11-3-5-12(18)6-4-11/h3-6,13-15,21H,7-10H2,1-2H3,(H,19,23)/t13-,14+,15+/m1/s1. The predicted octanol–water partition coefficient (Wildman–Crippen LogP) is 0.942. The Bertz CT molecular complexity index is 576. The Morgan fingerprint density at radius 1 is 1.29 bits per heavy atom. The second kappa shape index (κ2) is 8.21. The molecule has 7 heteroatoms. The van der Waals surface area contributed by atoms with Crippen LogP contribution in [0.1, 0.15) is 29.6 Å². The number of nitrogens with one attached hydrogen (secondary N) is 1. The molecule has 1 aliphatic rings. The maximum atomic E-state index is 12.9. The summed E-state index contributed by atoms with van der Waals surface area (Å²) in [5.41, 5.74) is 0.345. The van der Waals surface area contributed by atoms with E-state index >= 15 is 0 Å². The first-order chi connectivity index (χ1) is 11.4. The summed E-state index contributed by atoms with van der Waals surface area (Å²) < 4.78 is 18.7. The van der Waals surface area contributed by atoms with E-state index in [2.05, 4.69) is 5.32 Å². The first-order valence-electron chi connectivity index (χ1n) is 7.93. The lowest BCUT2D eigenvalue weighted by atomic mass is 9.96. The summed E-state index contributed by atoms with van der Waals surface area (Å²) in [6.07, 6.45) is 0.634. The van der Waals surface area contributed by atoms with E-state index in [1.54, 1.807) is 14.1 Å². The molecule has 2 amide bonds. The van der Waals surface area contributed by atoms with Gasteiger partial charge in [0.2, 0.25) is 5.91 Å². The van der Waals surface area contributed by atoms with Gasteiger partial charge in [0, 0.05) is 19.7 Å². The molecule has 1 heterocycles. The van der Waals surface area contributed by atoms with Gasteiger partial charge in [-0.1, -0.05) is 0 Å². The highest BCUT2D eigenvalue weighted by Crippen LogP contribution is 2.22. The van der Waals surface area contributed by atoms with E-state index in [9.17, 15) is 19.1 Å². The molecule has 1 fully saturated rings. The molecule has 24 heavy (non-hydrogen) atoms. The van der Waals surface area contributed by atoms with Crippen LogP contribution in [0, 0.1) is 5.82 Å². The second-order valence-corrected chi connectivity index (χ2v) is 6.14. The van der Waals surface area contributed by atoms with Crippen LogP contribution < -0.4 is 5.32 Å². The summed E-state index contributed by atoms with van der Waals surface area (Å²) in [7, 11) is 3.36. The number of rotatable bonds is 5. The minimum Gasteiger partial charge on any atom is -0.394 e. The Labute approximate surface area is 140 Å². The minimum atomic E-state index is -0.567. The summed E-state index contributed by atoms with van der Waals surface area (Å²) in [5, 5.41) is 12.3. The number of hydrogen-bond acceptors (Lipinski definition) is 4. The van der Waals surface area contributed by atoms with Gasteiger partial charge in [-0.3, -0.25) is 9.59 Å². The molecule has 1 aromatic carbocycles. The Morgan fingerprint density at radius 2 is 1.96 bits per heavy atom. The van der Waals surface area contributed by atoms with Crippen molar-refractivity contribution in [1.29, 1.82) is 0 Å². The average Bonchev–Trinajstić information content (AvgIpc) is 2.56. The van der Waals surface area contributed by atoms with Gasteiger partial charge >= 0.3 is 0 Å². The molecule has 0 radical (unpaired) electrons. The Morgan fingerprint density at radius 3 is 2.54 bits per heavy atom. The Kier molecular flexibility index (Phi) is 6.28. The zero-order valence-corrected chi connectivity index (χ0v) is 13.9. The fourth-order valence-electron chi connectivity index (χ4n) is 2.68. The summed E-state index contributed by atoms with van der Waals surface area (Å²) in [5.74, 6) is -0.787. The Balaban J connectivity index is 1.93. The molecule has 2 rings (SSSR count). The fourth-order valence-corrected chi connectivity index (χ4v) is 2.68. The topological polar surface area (TPSA) is 78.9 Å². The first-order valence-corrected chi connectivity index (χ1v) is 7.93. The largest absolute Gasteiger partial charge is 0.394 e. The van der Waals surface area contributed by atoms with E-state index in [1.165, 1.54) is 29.2 Å². The molecular weight excluding hydrogens is 315 g/mol. The number of halogens is 1. The van der Waals surface area contributed by atoms with Gasteiger partial charge in [-0.2, -0.15) is 0 Å². The van der Waals surface area contributed by atoms with Crippen LogP contribution in [-0.2, 0) is 9.53 Å². The van der Waals surface area contributed by atoms with Crippen LogP contribution in [0.3, 0.4) is 0 Å². The number of carbonyl (C=O) groups excluding carboxylic acids is 2. The van der Waals surface area contributed by atoms with Gasteiger partial charge in [-0.05, 0) is 37.1 Å². The number of ether oxygens (including phenoxy) is 1. The third kappa shape index (κ3) is 4.75. The highest BCUT2D eigenvalue weighted by atomic mass is 19.1. The molecule has 132 valence electrons. The number of aliphatic hydroxyl groups excluding tert-OH is 1. The predicted molar refractivity (Wildman–Crippen MR) is 85.9 cm³/mol. The zero-order chi connectivity index (χ0) is 17.7. The maximum Gasteiger partial charge on any atom is 0.251 e. The highest BCUT2D eigenvalue weighted by molar-refractivity contribution is 5.94. The number of aliphatic hydroxyl groups is 1. The second-order valence-electron chi connectivity index (χ2n) is 6.14. The van der Waals surface area contributed by atoms with Crippen LogP contribution in [0.5, 0.6) is 0 Å². The lowest BCUT2D eigenvalue weighted by Crippen LogP contribution is -2.51. The molecule has 1 aliphatic heterocycles. The zero-order valence-electron chi connectivity index (χ0n) is 13.9. The van der Waals surface area contributed by atoms with Crippen molar-refractivity contribution in [2.45, 2.75) is 37.5 Å². The fraction of sp³-hybridized carbons (Fsp3) is 0.529. The minimum absolute atomic E-state index is 0.0366. The van der Waals surface area contributed by atoms with E-state index in [0.717, 1.165) is 0 Å². The van der Waals surface area contributed by atoms with Gasteiger partial charge in [0.15, 0.2) is 0 Å². The summed E-state index contributed by atoms with van der Waals surface area (Å²) >= 11 is 0. The van der Waals surface area contributed by atoms with Crippen molar-refractivity contribution in [3.63, 3.8) is 0 Å². The Hall–Kier alpha value is -1.99. The lowest BCUT2D eigenvalue weighted by molar-refractivity contribution is -0.137. The molecule has 1 aromatic rings. The van der Waals surface area contributed by atoms with Crippen molar-refractivity contribution in [3.05, 3.63) is 35.6 Å². The highest BCUT2D eigenvalue weighted by Gasteiger charge is 2.33. The van der Waals surface area contributed by atoms with E-state index in [4.69, 9.17) is 4.74 Å². The van der Waals surface area contributed by atoms with Crippen molar-refractivity contribution in [1.82, 2.24) is 10.2 Å². The van der Waals surface area contributed by atoms with Crippen LogP contribution in [0.25, 0.3) is 0 Å². The number of amides is 2. The number of benzene rings is 1. The third-order valence-corrected chi connectivity index (χ3v) is 4.12. The van der Waals surface area contributed by atoms with E-state index in [0.29, 0.717) is 18.4 Å². The quantitative estimate of drug-likeness (QED) is 0.838. The molecule has 0 bridgehead atoms.